The van der Waals surface area contributed by atoms with Crippen LogP contribution in [-0.4, -0.2) is 122 Å². The van der Waals surface area contributed by atoms with Crippen molar-refractivity contribution in [3.05, 3.63) is 0 Å². The van der Waals surface area contributed by atoms with Crippen LogP contribution >= 0.6 is 0 Å². The smallest absolute Gasteiger partial charge is 0.408 e. The molecule has 0 saturated carbocycles. The van der Waals surface area contributed by atoms with Gasteiger partial charge in [-0.1, -0.05) is 27.7 Å². The van der Waals surface area contributed by atoms with E-state index >= 15 is 0 Å². The third-order valence-corrected chi connectivity index (χ3v) is 11.0. The molecule has 1 amide bonds. The molecule has 0 spiro atoms. The van der Waals surface area contributed by atoms with E-state index in [-0.39, 0.29) is 37.6 Å². The molecule has 0 radical (unpaired) electrons. The largest absolute Gasteiger partial charge is 0.458 e. The maximum atomic E-state index is 14.3. The van der Waals surface area contributed by atoms with Crippen LogP contribution in [0.3, 0.4) is 0 Å². The van der Waals surface area contributed by atoms with Crippen molar-refractivity contribution in [1.29, 1.82) is 0 Å². The number of ketones is 1. The van der Waals surface area contributed by atoms with Crippen molar-refractivity contribution < 1.29 is 52.3 Å². The van der Waals surface area contributed by atoms with Gasteiger partial charge >= 0.3 is 18.0 Å². The molecule has 4 rings (SSSR count). The second-order valence-corrected chi connectivity index (χ2v) is 15.4. The number of alkyl carbamates (subject to hydrolysis) is 1. The quantitative estimate of drug-likeness (QED) is 0.317. The highest BCUT2D eigenvalue weighted by Gasteiger charge is 2.58. The number of ether oxygens (including phenoxy) is 7. The Kier molecular flexibility index (Phi) is 12.5. The Labute approximate surface area is 290 Å². The lowest BCUT2D eigenvalue weighted by atomic mass is 9.73. The lowest BCUT2D eigenvalue weighted by molar-refractivity contribution is -0.304. The number of fused-ring (bicyclic) bond motifs is 4. The number of esters is 2. The predicted octanol–water partition coefficient (Wildman–Crippen LogP) is 2.58. The van der Waals surface area contributed by atoms with Gasteiger partial charge in [-0.3, -0.25) is 14.4 Å². The molecule has 3 N–H and O–H groups in total. The maximum absolute atomic E-state index is 14.3. The van der Waals surface area contributed by atoms with E-state index in [4.69, 9.17) is 38.9 Å². The van der Waals surface area contributed by atoms with E-state index in [9.17, 15) is 19.2 Å². The van der Waals surface area contributed by atoms with Gasteiger partial charge in [-0.2, -0.15) is 0 Å². The van der Waals surface area contributed by atoms with Crippen LogP contribution in [0.1, 0.15) is 81.6 Å². The number of hydrogen-bond acceptors (Lipinski definition) is 13. The molecule has 0 aliphatic carbocycles. The highest BCUT2D eigenvalue weighted by Crippen LogP contribution is 2.42. The first-order chi connectivity index (χ1) is 22.8. The topological polar surface area (TPSA) is 174 Å². The van der Waals surface area contributed by atoms with Crippen LogP contribution < -0.4 is 11.1 Å². The molecule has 14 nitrogen and oxygen atoms in total. The van der Waals surface area contributed by atoms with Crippen LogP contribution in [0, 0.1) is 23.7 Å². The average Bonchev–Trinajstić information content (AvgIpc) is 3.35. The number of Topliss-reactive ketones (excluding diaryl/α,β-unsaturated/α-hetero) is 1. The molecule has 1 unspecified atom stereocenters. The summed E-state index contributed by atoms with van der Waals surface area (Å²) in [4.78, 5) is 55.4. The summed E-state index contributed by atoms with van der Waals surface area (Å²) in [5.74, 6) is -3.81. The first-order valence-corrected chi connectivity index (χ1v) is 17.7. The first-order valence-electron chi connectivity index (χ1n) is 17.7. The van der Waals surface area contributed by atoms with Crippen molar-refractivity contribution in [2.45, 2.75) is 148 Å². The van der Waals surface area contributed by atoms with Crippen molar-refractivity contribution >= 4 is 23.8 Å². The summed E-state index contributed by atoms with van der Waals surface area (Å²) in [7, 11) is 3.82. The molecule has 0 aromatic heterocycles. The van der Waals surface area contributed by atoms with Gasteiger partial charge in [0.15, 0.2) is 18.0 Å². The van der Waals surface area contributed by atoms with Crippen LogP contribution in [0.2, 0.25) is 0 Å². The summed E-state index contributed by atoms with van der Waals surface area (Å²) in [6.07, 6.45) is -4.02. The molecular formula is C35H59N3O11. The Morgan fingerprint density at radius 1 is 1.06 bits per heavy atom. The van der Waals surface area contributed by atoms with E-state index < -0.39 is 95.7 Å². The van der Waals surface area contributed by atoms with E-state index in [1.165, 1.54) is 6.92 Å². The molecule has 2 bridgehead atoms. The Morgan fingerprint density at radius 2 is 1.73 bits per heavy atom. The predicted molar refractivity (Wildman–Crippen MR) is 177 cm³/mol. The van der Waals surface area contributed by atoms with Crippen molar-refractivity contribution in [3.63, 3.8) is 0 Å². The molecule has 4 aliphatic heterocycles. The van der Waals surface area contributed by atoms with E-state index in [0.29, 0.717) is 12.8 Å². The van der Waals surface area contributed by atoms with Gasteiger partial charge in [0.2, 0.25) is 0 Å². The highest BCUT2D eigenvalue weighted by atomic mass is 16.7. The zero-order valence-corrected chi connectivity index (χ0v) is 31.1. The van der Waals surface area contributed by atoms with Crippen LogP contribution in [0.25, 0.3) is 0 Å². The van der Waals surface area contributed by atoms with Crippen molar-refractivity contribution in [3.8, 4) is 0 Å². The standard InChI is InChI=1S/C35H59N3O11/c1-12-25-35(9)29(37-33(42)49-35)19(4)26(40)17(2)14-34(8)30(20(5)27(21(6)31(41)47-25)43-15-23(36)16-44-34)48-32-28(46-22(7)39)24(38(10)11)13-18(3)45-32/h17-21,23-25,27-30,32H,12-16,36H2,1-11H3,(H,37,42)/t17-,18-,19+,20+,21-,23?,24+,25-,27+,28-,29-,30-,32+,34-,35-/m1/s1. The summed E-state index contributed by atoms with van der Waals surface area (Å²) in [6, 6.07) is -1.52. The third kappa shape index (κ3) is 8.25. The van der Waals surface area contributed by atoms with Gasteiger partial charge in [0, 0.05) is 24.7 Å². The second-order valence-electron chi connectivity index (χ2n) is 15.4. The number of cyclic esters (lactones) is 1. The first kappa shape index (κ1) is 39.4. The van der Waals surface area contributed by atoms with E-state index in [0.717, 1.165) is 0 Å². The SMILES string of the molecule is CC[C@H]1OC(=O)[C@H](C)[C@H]2OCC(N)CO[C@](C)(C[C@@H](C)C(=O)[C@H](C)[C@H]3NC(=O)O[C@@]31C)[C@H](O[C@@H]1O[C@H](C)C[C@H](N(C)C)[C@H]1OC(C)=O)[C@H]2C. The summed E-state index contributed by atoms with van der Waals surface area (Å²) in [6.45, 7) is 16.1. The summed E-state index contributed by atoms with van der Waals surface area (Å²) in [5.41, 5.74) is 4.01. The molecule has 15 atom stereocenters. The van der Waals surface area contributed by atoms with Gasteiger partial charge in [0.1, 0.15) is 11.9 Å². The van der Waals surface area contributed by atoms with Crippen LogP contribution in [0.4, 0.5) is 4.79 Å². The van der Waals surface area contributed by atoms with Gasteiger partial charge in [-0.05, 0) is 61.1 Å². The highest BCUT2D eigenvalue weighted by molar-refractivity contribution is 5.85. The number of carbonyl (C=O) groups excluding carboxylic acids is 4. The minimum absolute atomic E-state index is 0.0865. The fourth-order valence-electron chi connectivity index (χ4n) is 8.45. The zero-order valence-electron chi connectivity index (χ0n) is 31.1. The van der Waals surface area contributed by atoms with Crippen LogP contribution in [-0.2, 0) is 47.5 Å². The number of hydrogen-bond donors (Lipinski definition) is 2. The Bertz CT molecular complexity index is 1220. The van der Waals surface area contributed by atoms with Gasteiger partial charge in [-0.25, -0.2) is 4.79 Å². The van der Waals surface area contributed by atoms with Gasteiger partial charge in [0.25, 0.3) is 0 Å². The Balaban J connectivity index is 1.85. The fourth-order valence-corrected chi connectivity index (χ4v) is 8.45. The minimum atomic E-state index is -1.30. The van der Waals surface area contributed by atoms with Crippen molar-refractivity contribution in [1.82, 2.24) is 10.2 Å². The normalized spacial score (nSPS) is 45.6. The van der Waals surface area contributed by atoms with Crippen LogP contribution in [0.5, 0.6) is 0 Å². The average molecular weight is 698 g/mol. The molecule has 14 heteroatoms. The summed E-state index contributed by atoms with van der Waals surface area (Å²) in [5, 5.41) is 2.82. The summed E-state index contributed by atoms with van der Waals surface area (Å²) >= 11 is 0. The molecule has 4 aliphatic rings. The second kappa shape index (κ2) is 15.5. The molecule has 4 heterocycles. The number of amides is 1. The zero-order chi connectivity index (χ0) is 36.6. The maximum Gasteiger partial charge on any atom is 0.408 e. The van der Waals surface area contributed by atoms with Gasteiger partial charge in [-0.15, -0.1) is 0 Å². The van der Waals surface area contributed by atoms with Crippen molar-refractivity contribution in [2.24, 2.45) is 29.4 Å². The number of rotatable bonds is 5. The number of nitrogens with zero attached hydrogens (tertiary/aromatic N) is 1. The lowest BCUT2D eigenvalue weighted by Gasteiger charge is -2.49. The molecular weight excluding hydrogens is 638 g/mol. The number of likely N-dealkylation sites (N-methyl/N-ethyl adjacent to an activating group) is 1. The van der Waals surface area contributed by atoms with Crippen LogP contribution in [0.15, 0.2) is 0 Å². The third-order valence-electron chi connectivity index (χ3n) is 11.0. The lowest BCUT2D eigenvalue weighted by Crippen LogP contribution is -2.61. The fraction of sp³-hybridized carbons (Fsp3) is 0.886. The minimum Gasteiger partial charge on any atom is -0.458 e. The number of nitrogens with two attached hydrogens (primary N) is 1. The molecule has 4 fully saturated rings. The molecule has 0 aromatic rings. The van der Waals surface area contributed by atoms with Gasteiger partial charge in [0.05, 0.1) is 61.2 Å². The molecule has 49 heavy (non-hydrogen) atoms. The van der Waals surface area contributed by atoms with E-state index in [1.807, 2.05) is 53.6 Å². The summed E-state index contributed by atoms with van der Waals surface area (Å²) < 4.78 is 44.2. The molecule has 280 valence electrons. The van der Waals surface area contributed by atoms with Gasteiger partial charge < -0.3 is 49.1 Å². The molecule has 4 saturated heterocycles. The molecule has 0 aromatic carbocycles. The van der Waals surface area contributed by atoms with Crippen molar-refractivity contribution in [2.75, 3.05) is 27.3 Å². The monoisotopic (exact) mass is 697 g/mol. The number of carbonyl (C=O) groups is 4. The number of nitrogens with one attached hydrogen (secondary N) is 1. The van der Waals surface area contributed by atoms with E-state index in [2.05, 4.69) is 5.32 Å². The Hall–Kier alpha value is -2.36. The van der Waals surface area contributed by atoms with E-state index in [1.54, 1.807) is 20.8 Å². The Morgan fingerprint density at radius 3 is 2.35 bits per heavy atom.